The molecule has 5 heteroatoms. The van der Waals surface area contributed by atoms with Crippen molar-refractivity contribution in [3.63, 3.8) is 0 Å². The first-order chi connectivity index (χ1) is 11.7. The highest BCUT2D eigenvalue weighted by Crippen LogP contribution is 2.18. The maximum atomic E-state index is 12.4. The van der Waals surface area contributed by atoms with Gasteiger partial charge in [-0.05, 0) is 30.2 Å². The highest BCUT2D eigenvalue weighted by Gasteiger charge is 2.21. The second-order valence-corrected chi connectivity index (χ2v) is 6.98. The summed E-state index contributed by atoms with van der Waals surface area (Å²) in [7, 11) is 0. The summed E-state index contributed by atoms with van der Waals surface area (Å²) in [5, 5.41) is 0. The molecule has 0 saturated carbocycles. The summed E-state index contributed by atoms with van der Waals surface area (Å²) >= 11 is 1.70. The normalized spacial score (nSPS) is 14.7. The van der Waals surface area contributed by atoms with Crippen molar-refractivity contribution < 1.29 is 4.79 Å². The van der Waals surface area contributed by atoms with Crippen molar-refractivity contribution >= 4 is 23.4 Å². The van der Waals surface area contributed by atoms with Gasteiger partial charge in [0.1, 0.15) is 0 Å². The third-order valence-corrected chi connectivity index (χ3v) is 5.35. The second-order valence-electron chi connectivity index (χ2n) is 6.00. The van der Waals surface area contributed by atoms with Gasteiger partial charge in [0.15, 0.2) is 0 Å². The van der Waals surface area contributed by atoms with Crippen molar-refractivity contribution in [1.29, 1.82) is 0 Å². The van der Waals surface area contributed by atoms with E-state index in [0.29, 0.717) is 5.75 Å². The summed E-state index contributed by atoms with van der Waals surface area (Å²) in [6.45, 7) is 5.45. The Kier molecular flexibility index (Phi) is 5.75. The highest BCUT2D eigenvalue weighted by molar-refractivity contribution is 7.99. The first-order valence-corrected chi connectivity index (χ1v) is 9.44. The van der Waals surface area contributed by atoms with E-state index in [1.165, 1.54) is 11.1 Å². The molecular formula is C19H23N3OS. The Morgan fingerprint density at radius 1 is 1.12 bits per heavy atom. The summed E-state index contributed by atoms with van der Waals surface area (Å²) < 4.78 is 0. The van der Waals surface area contributed by atoms with Crippen LogP contribution in [0.5, 0.6) is 0 Å². The lowest BCUT2D eigenvalue weighted by Crippen LogP contribution is -2.49. The van der Waals surface area contributed by atoms with Crippen molar-refractivity contribution in [2.45, 2.75) is 12.7 Å². The number of benzene rings is 1. The van der Waals surface area contributed by atoms with Crippen LogP contribution >= 0.6 is 11.8 Å². The topological polar surface area (TPSA) is 36.4 Å². The number of amides is 1. The number of carbonyl (C=O) groups is 1. The molecule has 1 aromatic carbocycles. The van der Waals surface area contributed by atoms with Gasteiger partial charge in [-0.15, -0.1) is 11.8 Å². The summed E-state index contributed by atoms with van der Waals surface area (Å²) in [5.41, 5.74) is 3.75. The number of nitrogens with zero attached hydrogens (tertiary/aromatic N) is 3. The third-order valence-electron chi connectivity index (χ3n) is 4.39. The molecule has 1 aliphatic rings. The van der Waals surface area contributed by atoms with E-state index in [2.05, 4.69) is 47.1 Å². The zero-order chi connectivity index (χ0) is 16.8. The van der Waals surface area contributed by atoms with E-state index in [-0.39, 0.29) is 5.91 Å². The van der Waals surface area contributed by atoms with Crippen LogP contribution in [0.15, 0.2) is 48.8 Å². The van der Waals surface area contributed by atoms with Crippen LogP contribution < -0.4 is 4.90 Å². The second kappa shape index (κ2) is 8.20. The van der Waals surface area contributed by atoms with Crippen LogP contribution in [-0.2, 0) is 10.5 Å². The SMILES string of the molecule is Cc1ccccc1CSCC(=O)N1CCN(c2cccnc2)CC1. The lowest BCUT2D eigenvalue weighted by molar-refractivity contribution is -0.128. The molecular weight excluding hydrogens is 318 g/mol. The number of thioether (sulfide) groups is 1. The zero-order valence-corrected chi connectivity index (χ0v) is 14.8. The molecule has 4 nitrogen and oxygen atoms in total. The van der Waals surface area contributed by atoms with Crippen molar-refractivity contribution in [2.24, 2.45) is 0 Å². The fraction of sp³-hybridized carbons (Fsp3) is 0.368. The molecule has 0 radical (unpaired) electrons. The van der Waals surface area contributed by atoms with Gasteiger partial charge in [0, 0.05) is 38.1 Å². The molecule has 1 aliphatic heterocycles. The number of pyridine rings is 1. The molecule has 0 atom stereocenters. The minimum atomic E-state index is 0.249. The number of aromatic nitrogens is 1. The fourth-order valence-corrected chi connectivity index (χ4v) is 3.87. The van der Waals surface area contributed by atoms with E-state index in [1.807, 2.05) is 17.2 Å². The summed E-state index contributed by atoms with van der Waals surface area (Å²) in [6, 6.07) is 12.4. The molecule has 0 aliphatic carbocycles. The van der Waals surface area contributed by atoms with Crippen LogP contribution in [-0.4, -0.2) is 47.7 Å². The molecule has 2 aromatic rings. The van der Waals surface area contributed by atoms with Crippen LogP contribution in [0, 0.1) is 6.92 Å². The number of carbonyl (C=O) groups excluding carboxylic acids is 1. The Balaban J connectivity index is 1.43. The number of anilines is 1. The zero-order valence-electron chi connectivity index (χ0n) is 14.0. The molecule has 0 bridgehead atoms. The van der Waals surface area contributed by atoms with E-state index in [0.717, 1.165) is 37.6 Å². The quantitative estimate of drug-likeness (QED) is 0.838. The van der Waals surface area contributed by atoms with Crippen molar-refractivity contribution in [1.82, 2.24) is 9.88 Å². The van der Waals surface area contributed by atoms with E-state index in [1.54, 1.807) is 18.0 Å². The molecule has 3 rings (SSSR count). The Hall–Kier alpha value is -2.01. The number of rotatable bonds is 5. The summed E-state index contributed by atoms with van der Waals surface area (Å²) in [5.74, 6) is 1.70. The minimum absolute atomic E-state index is 0.249. The average molecular weight is 341 g/mol. The first kappa shape index (κ1) is 16.8. The lowest BCUT2D eigenvalue weighted by atomic mass is 10.1. The third kappa shape index (κ3) is 4.29. The smallest absolute Gasteiger partial charge is 0.232 e. The highest BCUT2D eigenvalue weighted by atomic mass is 32.2. The molecule has 0 spiro atoms. The van der Waals surface area contributed by atoms with Crippen molar-refractivity contribution in [2.75, 3.05) is 36.8 Å². The van der Waals surface area contributed by atoms with E-state index >= 15 is 0 Å². The Bertz CT molecular complexity index is 669. The maximum Gasteiger partial charge on any atom is 0.232 e. The predicted octanol–water partition coefficient (Wildman–Crippen LogP) is 2.97. The van der Waals surface area contributed by atoms with E-state index in [4.69, 9.17) is 0 Å². The lowest BCUT2D eigenvalue weighted by Gasteiger charge is -2.35. The molecule has 126 valence electrons. The minimum Gasteiger partial charge on any atom is -0.367 e. The predicted molar refractivity (Wildman–Crippen MR) is 100 cm³/mol. The maximum absolute atomic E-state index is 12.4. The van der Waals surface area contributed by atoms with Crippen LogP contribution in [0.25, 0.3) is 0 Å². The van der Waals surface area contributed by atoms with Gasteiger partial charge in [-0.25, -0.2) is 0 Å². The molecule has 2 heterocycles. The monoisotopic (exact) mass is 341 g/mol. The van der Waals surface area contributed by atoms with Crippen LogP contribution in [0.3, 0.4) is 0 Å². The summed E-state index contributed by atoms with van der Waals surface area (Å²) in [4.78, 5) is 20.8. The molecule has 1 aromatic heterocycles. The van der Waals surface area contributed by atoms with Gasteiger partial charge >= 0.3 is 0 Å². The van der Waals surface area contributed by atoms with Gasteiger partial charge in [0.25, 0.3) is 0 Å². The largest absolute Gasteiger partial charge is 0.367 e. The van der Waals surface area contributed by atoms with Gasteiger partial charge in [-0.2, -0.15) is 0 Å². The van der Waals surface area contributed by atoms with Crippen molar-refractivity contribution in [3.8, 4) is 0 Å². The van der Waals surface area contributed by atoms with Gasteiger partial charge in [0.05, 0.1) is 17.6 Å². The number of piperazine rings is 1. The molecule has 1 fully saturated rings. The first-order valence-electron chi connectivity index (χ1n) is 8.29. The van der Waals surface area contributed by atoms with Crippen LogP contribution in [0.2, 0.25) is 0 Å². The molecule has 0 N–H and O–H groups in total. The summed E-state index contributed by atoms with van der Waals surface area (Å²) in [6.07, 6.45) is 3.67. The van der Waals surface area contributed by atoms with Gasteiger partial charge < -0.3 is 9.80 Å². The molecule has 1 saturated heterocycles. The van der Waals surface area contributed by atoms with Gasteiger partial charge in [0.2, 0.25) is 5.91 Å². The van der Waals surface area contributed by atoms with Crippen LogP contribution in [0.1, 0.15) is 11.1 Å². The van der Waals surface area contributed by atoms with Crippen molar-refractivity contribution in [3.05, 3.63) is 59.9 Å². The fourth-order valence-electron chi connectivity index (χ4n) is 2.87. The Labute approximate surface area is 147 Å². The molecule has 0 unspecified atom stereocenters. The molecule has 1 amide bonds. The number of hydrogen-bond acceptors (Lipinski definition) is 4. The average Bonchev–Trinajstić information content (AvgIpc) is 2.64. The van der Waals surface area contributed by atoms with Crippen LogP contribution in [0.4, 0.5) is 5.69 Å². The Morgan fingerprint density at radius 2 is 1.92 bits per heavy atom. The van der Waals surface area contributed by atoms with E-state index in [9.17, 15) is 4.79 Å². The molecule has 24 heavy (non-hydrogen) atoms. The van der Waals surface area contributed by atoms with Gasteiger partial charge in [-0.3, -0.25) is 9.78 Å². The van der Waals surface area contributed by atoms with E-state index < -0.39 is 0 Å². The Morgan fingerprint density at radius 3 is 2.62 bits per heavy atom. The number of aryl methyl sites for hydroxylation is 1. The standard InChI is InChI=1S/C19H23N3OS/c1-16-5-2-3-6-17(16)14-24-15-19(23)22-11-9-21(10-12-22)18-7-4-8-20-13-18/h2-8,13H,9-12,14-15H2,1H3. The number of hydrogen-bond donors (Lipinski definition) is 0. The van der Waals surface area contributed by atoms with Gasteiger partial charge in [-0.1, -0.05) is 24.3 Å².